The lowest BCUT2D eigenvalue weighted by Gasteiger charge is -2.31. The first-order valence-electron chi connectivity index (χ1n) is 6.82. The molecule has 0 amide bonds. The molecule has 3 heteroatoms. The van der Waals surface area contributed by atoms with E-state index in [1.54, 1.807) is 0 Å². The number of benzene rings is 1. The second-order valence-corrected chi connectivity index (χ2v) is 6.37. The minimum Gasteiger partial charge on any atom is -0.325 e. The molecule has 0 aliphatic heterocycles. The Morgan fingerprint density at radius 3 is 2.17 bits per heavy atom. The largest absolute Gasteiger partial charge is 0.325 e. The van der Waals surface area contributed by atoms with Gasteiger partial charge in [0.2, 0.25) is 0 Å². The van der Waals surface area contributed by atoms with Crippen molar-refractivity contribution in [3.8, 4) is 0 Å². The Bertz CT molecular complexity index is 395. The lowest BCUT2D eigenvalue weighted by atomic mass is 9.80. The van der Waals surface area contributed by atoms with Crippen molar-refractivity contribution in [1.29, 1.82) is 0 Å². The van der Waals surface area contributed by atoms with Gasteiger partial charge in [-0.25, -0.2) is 0 Å². The monoisotopic (exact) mass is 285 g/mol. The fourth-order valence-corrected chi connectivity index (χ4v) is 3.16. The van der Waals surface area contributed by atoms with Crippen molar-refractivity contribution in [2.24, 2.45) is 5.73 Å². The molecule has 18 heavy (non-hydrogen) atoms. The predicted molar refractivity (Wildman–Crippen MR) is 79.4 cm³/mol. The molecule has 0 heterocycles. The van der Waals surface area contributed by atoms with Crippen molar-refractivity contribution >= 4 is 23.2 Å². The van der Waals surface area contributed by atoms with E-state index < -0.39 is 0 Å². The van der Waals surface area contributed by atoms with Gasteiger partial charge in [0, 0.05) is 5.54 Å². The third-order valence-electron chi connectivity index (χ3n) is 3.89. The van der Waals surface area contributed by atoms with Gasteiger partial charge in [0.15, 0.2) is 0 Å². The van der Waals surface area contributed by atoms with Gasteiger partial charge in [-0.05, 0) is 37.0 Å². The number of rotatable bonds is 2. The van der Waals surface area contributed by atoms with Crippen molar-refractivity contribution in [2.75, 3.05) is 0 Å². The van der Waals surface area contributed by atoms with Crippen LogP contribution in [0.5, 0.6) is 0 Å². The zero-order chi connectivity index (χ0) is 13.0. The van der Waals surface area contributed by atoms with Crippen LogP contribution < -0.4 is 5.73 Å². The Morgan fingerprint density at radius 1 is 0.944 bits per heavy atom. The second kappa shape index (κ2) is 6.27. The summed E-state index contributed by atoms with van der Waals surface area (Å²) in [6, 6.07) is 5.87. The van der Waals surface area contributed by atoms with E-state index in [0.717, 1.165) is 19.3 Å². The van der Waals surface area contributed by atoms with Crippen molar-refractivity contribution in [3.63, 3.8) is 0 Å². The lowest BCUT2D eigenvalue weighted by Crippen LogP contribution is -2.42. The fourth-order valence-electron chi connectivity index (χ4n) is 2.84. The number of hydrogen-bond acceptors (Lipinski definition) is 1. The average molecular weight is 286 g/mol. The zero-order valence-corrected chi connectivity index (χ0v) is 12.2. The van der Waals surface area contributed by atoms with E-state index >= 15 is 0 Å². The molecule has 1 aliphatic carbocycles. The molecule has 1 fully saturated rings. The van der Waals surface area contributed by atoms with Crippen LogP contribution in [0.2, 0.25) is 10.0 Å². The van der Waals surface area contributed by atoms with E-state index in [1.807, 2.05) is 18.2 Å². The summed E-state index contributed by atoms with van der Waals surface area (Å²) in [4.78, 5) is 0. The molecule has 0 saturated heterocycles. The van der Waals surface area contributed by atoms with E-state index in [1.165, 1.54) is 37.7 Å². The van der Waals surface area contributed by atoms with Gasteiger partial charge in [-0.2, -0.15) is 0 Å². The van der Waals surface area contributed by atoms with Gasteiger partial charge in [-0.15, -0.1) is 0 Å². The molecule has 0 atom stereocenters. The first-order valence-corrected chi connectivity index (χ1v) is 7.57. The molecule has 2 rings (SSSR count). The SMILES string of the molecule is NC1(Cc2ccc(Cl)c(Cl)c2)CCCCCCC1. The first kappa shape index (κ1) is 14.2. The summed E-state index contributed by atoms with van der Waals surface area (Å²) in [5.41, 5.74) is 7.72. The van der Waals surface area contributed by atoms with E-state index in [9.17, 15) is 0 Å². The van der Waals surface area contributed by atoms with Gasteiger partial charge in [-0.3, -0.25) is 0 Å². The van der Waals surface area contributed by atoms with Crippen molar-refractivity contribution < 1.29 is 0 Å². The van der Waals surface area contributed by atoms with E-state index in [4.69, 9.17) is 28.9 Å². The van der Waals surface area contributed by atoms with E-state index in [0.29, 0.717) is 10.0 Å². The Kier molecular flexibility index (Phi) is 4.94. The van der Waals surface area contributed by atoms with Crippen LogP contribution >= 0.6 is 23.2 Å². The maximum atomic E-state index is 6.57. The van der Waals surface area contributed by atoms with Crippen LogP contribution in [0.1, 0.15) is 50.5 Å². The molecule has 1 aliphatic rings. The Balaban J connectivity index is 2.07. The van der Waals surface area contributed by atoms with Crippen LogP contribution in [0.4, 0.5) is 0 Å². The van der Waals surface area contributed by atoms with E-state index in [-0.39, 0.29) is 5.54 Å². The highest BCUT2D eigenvalue weighted by molar-refractivity contribution is 6.42. The summed E-state index contributed by atoms with van der Waals surface area (Å²) >= 11 is 12.0. The molecule has 100 valence electrons. The maximum Gasteiger partial charge on any atom is 0.0595 e. The van der Waals surface area contributed by atoms with Crippen LogP contribution in [0.15, 0.2) is 18.2 Å². The highest BCUT2D eigenvalue weighted by Gasteiger charge is 2.25. The second-order valence-electron chi connectivity index (χ2n) is 5.56. The summed E-state index contributed by atoms with van der Waals surface area (Å²) in [5, 5.41) is 1.24. The van der Waals surface area contributed by atoms with Crippen molar-refractivity contribution in [1.82, 2.24) is 0 Å². The van der Waals surface area contributed by atoms with Crippen LogP contribution in [-0.4, -0.2) is 5.54 Å². The summed E-state index contributed by atoms with van der Waals surface area (Å²) < 4.78 is 0. The number of nitrogens with two attached hydrogens (primary N) is 1. The molecule has 0 aromatic heterocycles. The smallest absolute Gasteiger partial charge is 0.0595 e. The minimum absolute atomic E-state index is 0.0580. The topological polar surface area (TPSA) is 26.0 Å². The van der Waals surface area contributed by atoms with Crippen molar-refractivity contribution in [2.45, 2.75) is 56.9 Å². The molecule has 1 aromatic rings. The Hall–Kier alpha value is -0.240. The summed E-state index contributed by atoms with van der Waals surface area (Å²) in [5.74, 6) is 0. The molecule has 0 radical (unpaired) electrons. The van der Waals surface area contributed by atoms with Crippen LogP contribution in [0, 0.1) is 0 Å². The third kappa shape index (κ3) is 3.88. The molecule has 1 saturated carbocycles. The standard InChI is InChI=1S/C15H21Cl2N/c16-13-7-6-12(10-14(13)17)11-15(18)8-4-2-1-3-5-9-15/h6-7,10H,1-5,8-9,11,18H2. The quantitative estimate of drug-likeness (QED) is 0.815. The van der Waals surface area contributed by atoms with Gasteiger partial charge in [0.25, 0.3) is 0 Å². The van der Waals surface area contributed by atoms with Gasteiger partial charge in [0.05, 0.1) is 10.0 Å². The van der Waals surface area contributed by atoms with Crippen LogP contribution in [-0.2, 0) is 6.42 Å². The van der Waals surface area contributed by atoms with Crippen LogP contribution in [0.25, 0.3) is 0 Å². The Morgan fingerprint density at radius 2 is 1.56 bits per heavy atom. The molecule has 0 spiro atoms. The van der Waals surface area contributed by atoms with Gasteiger partial charge >= 0.3 is 0 Å². The fraction of sp³-hybridized carbons (Fsp3) is 0.600. The van der Waals surface area contributed by atoms with Gasteiger partial charge in [0.1, 0.15) is 0 Å². The normalized spacial score (nSPS) is 20.2. The predicted octanol–water partition coefficient (Wildman–Crippen LogP) is 4.98. The molecule has 0 unspecified atom stereocenters. The molecule has 2 N–H and O–H groups in total. The number of hydrogen-bond donors (Lipinski definition) is 1. The maximum absolute atomic E-state index is 6.57. The van der Waals surface area contributed by atoms with Crippen molar-refractivity contribution in [3.05, 3.63) is 33.8 Å². The first-order chi connectivity index (χ1) is 8.59. The third-order valence-corrected chi connectivity index (χ3v) is 4.63. The Labute approximate surface area is 120 Å². The highest BCUT2D eigenvalue weighted by Crippen LogP contribution is 2.29. The molecule has 1 nitrogen and oxygen atoms in total. The molecular formula is C15H21Cl2N. The van der Waals surface area contributed by atoms with Gasteiger partial charge in [-0.1, -0.05) is 61.4 Å². The summed E-state index contributed by atoms with van der Waals surface area (Å²) in [6.45, 7) is 0. The average Bonchev–Trinajstić information content (AvgIpc) is 2.30. The molecular weight excluding hydrogens is 265 g/mol. The minimum atomic E-state index is -0.0580. The van der Waals surface area contributed by atoms with Crippen LogP contribution in [0.3, 0.4) is 0 Å². The van der Waals surface area contributed by atoms with Gasteiger partial charge < -0.3 is 5.73 Å². The summed E-state index contributed by atoms with van der Waals surface area (Å²) in [6.07, 6.45) is 9.64. The zero-order valence-electron chi connectivity index (χ0n) is 10.7. The molecule has 1 aromatic carbocycles. The highest BCUT2D eigenvalue weighted by atomic mass is 35.5. The lowest BCUT2D eigenvalue weighted by molar-refractivity contribution is 0.314. The van der Waals surface area contributed by atoms with E-state index in [2.05, 4.69) is 0 Å². The summed E-state index contributed by atoms with van der Waals surface area (Å²) in [7, 11) is 0. The molecule has 0 bridgehead atoms. The number of halogens is 2.